The molecule has 0 aromatic carbocycles. The van der Waals surface area contributed by atoms with Crippen LogP contribution in [0.4, 0.5) is 0 Å². The molecule has 1 heterocycles. The molecule has 0 amide bonds. The minimum Gasteiger partial charge on any atom is -0.316 e. The van der Waals surface area contributed by atoms with Crippen molar-refractivity contribution in [3.8, 4) is 0 Å². The molecule has 0 bridgehead atoms. The summed E-state index contributed by atoms with van der Waals surface area (Å²) in [5, 5.41) is 5.43. The Bertz CT molecular complexity index is 199. The highest BCUT2D eigenvalue weighted by Gasteiger charge is 1.94. The van der Waals surface area contributed by atoms with Crippen molar-refractivity contribution in [2.24, 2.45) is 0 Å². The lowest BCUT2D eigenvalue weighted by Gasteiger charge is -2.01. The molecule has 0 aliphatic carbocycles. The predicted octanol–water partition coefficient (Wildman–Crippen LogP) is 2.62. The Morgan fingerprint density at radius 1 is 1.54 bits per heavy atom. The van der Waals surface area contributed by atoms with E-state index in [9.17, 15) is 0 Å². The average Bonchev–Trinajstić information content (AvgIpc) is 2.63. The first-order valence-electron chi connectivity index (χ1n) is 4.66. The number of hydrogen-bond donors (Lipinski definition) is 1. The molecule has 0 atom stereocenters. The second-order valence-corrected chi connectivity index (χ2v) is 4.99. The van der Waals surface area contributed by atoms with Crippen LogP contribution in [0.2, 0.25) is 0 Å². The van der Waals surface area contributed by atoms with E-state index in [1.807, 2.05) is 23.3 Å². The molecule has 0 saturated carbocycles. The van der Waals surface area contributed by atoms with Crippen LogP contribution in [0, 0.1) is 0 Å². The number of thioether (sulfide) groups is 1. The molecular formula is C9H16N2S2. The van der Waals surface area contributed by atoms with Gasteiger partial charge in [0.25, 0.3) is 0 Å². The van der Waals surface area contributed by atoms with Gasteiger partial charge in [-0.2, -0.15) is 0 Å². The number of unbranched alkanes of at least 4 members (excludes halogenated alkanes) is 1. The number of nitrogens with one attached hydrogen (secondary N) is 1. The number of nitrogens with zero attached hydrogens (tertiary/aromatic N) is 1. The van der Waals surface area contributed by atoms with E-state index in [1.54, 1.807) is 11.3 Å². The van der Waals surface area contributed by atoms with Crippen molar-refractivity contribution < 1.29 is 0 Å². The molecular weight excluding hydrogens is 200 g/mol. The number of thiazole rings is 1. The Balaban J connectivity index is 1.90. The van der Waals surface area contributed by atoms with Gasteiger partial charge in [0.05, 0.1) is 0 Å². The molecule has 0 spiro atoms. The van der Waals surface area contributed by atoms with Gasteiger partial charge in [0, 0.05) is 23.9 Å². The van der Waals surface area contributed by atoms with Gasteiger partial charge in [-0.1, -0.05) is 25.1 Å². The Kier molecular flexibility index (Phi) is 6.23. The summed E-state index contributed by atoms with van der Waals surface area (Å²) in [5.41, 5.74) is 0. The quantitative estimate of drug-likeness (QED) is 0.560. The lowest BCUT2D eigenvalue weighted by molar-refractivity contribution is 0.666. The third-order valence-electron chi connectivity index (χ3n) is 1.62. The molecule has 0 saturated heterocycles. The standard InChI is InChI=1S/C9H16N2S2/c1-2-3-4-10-5-7-12-9-11-6-8-13-9/h6,8,10H,2-5,7H2,1H3. The molecule has 1 aromatic heterocycles. The maximum absolute atomic E-state index is 4.20. The molecule has 0 unspecified atom stereocenters. The van der Waals surface area contributed by atoms with E-state index in [0.717, 1.165) is 18.8 Å². The summed E-state index contributed by atoms with van der Waals surface area (Å²) in [6, 6.07) is 0. The van der Waals surface area contributed by atoms with E-state index in [4.69, 9.17) is 0 Å². The topological polar surface area (TPSA) is 24.9 Å². The van der Waals surface area contributed by atoms with Gasteiger partial charge < -0.3 is 5.32 Å². The van der Waals surface area contributed by atoms with Gasteiger partial charge in [-0.05, 0) is 13.0 Å². The van der Waals surface area contributed by atoms with Gasteiger partial charge >= 0.3 is 0 Å². The van der Waals surface area contributed by atoms with E-state index < -0.39 is 0 Å². The van der Waals surface area contributed by atoms with Crippen molar-refractivity contribution in [2.45, 2.75) is 24.1 Å². The molecule has 13 heavy (non-hydrogen) atoms. The third-order valence-corrected chi connectivity index (χ3v) is 3.59. The van der Waals surface area contributed by atoms with Crippen LogP contribution in [-0.4, -0.2) is 23.8 Å². The monoisotopic (exact) mass is 216 g/mol. The molecule has 0 aliphatic rings. The molecule has 74 valence electrons. The molecule has 1 N–H and O–H groups in total. The highest BCUT2D eigenvalue weighted by molar-refractivity contribution is 8.01. The van der Waals surface area contributed by atoms with E-state index >= 15 is 0 Å². The smallest absolute Gasteiger partial charge is 0.149 e. The lowest BCUT2D eigenvalue weighted by Crippen LogP contribution is -2.18. The Morgan fingerprint density at radius 2 is 2.46 bits per heavy atom. The van der Waals surface area contributed by atoms with Gasteiger partial charge in [0.15, 0.2) is 0 Å². The molecule has 4 heteroatoms. The summed E-state index contributed by atoms with van der Waals surface area (Å²) >= 11 is 3.55. The van der Waals surface area contributed by atoms with Gasteiger partial charge in [-0.15, -0.1) is 11.3 Å². The zero-order chi connectivity index (χ0) is 9.36. The molecule has 1 rings (SSSR count). The van der Waals surface area contributed by atoms with Crippen LogP contribution in [0.25, 0.3) is 0 Å². The predicted molar refractivity (Wildman–Crippen MR) is 60.6 cm³/mol. The summed E-state index contributed by atoms with van der Waals surface area (Å²) in [5.74, 6) is 1.12. The second kappa shape index (κ2) is 7.35. The van der Waals surface area contributed by atoms with Crippen molar-refractivity contribution in [2.75, 3.05) is 18.8 Å². The number of aromatic nitrogens is 1. The first-order chi connectivity index (χ1) is 6.43. The van der Waals surface area contributed by atoms with Crippen molar-refractivity contribution >= 4 is 23.1 Å². The highest BCUT2D eigenvalue weighted by Crippen LogP contribution is 2.18. The fourth-order valence-electron chi connectivity index (χ4n) is 0.919. The SMILES string of the molecule is CCCCNCCSc1nccs1. The second-order valence-electron chi connectivity index (χ2n) is 2.75. The molecule has 0 radical (unpaired) electrons. The van der Waals surface area contributed by atoms with Gasteiger partial charge in [-0.25, -0.2) is 4.98 Å². The molecule has 0 fully saturated rings. The van der Waals surface area contributed by atoms with E-state index in [2.05, 4.69) is 17.2 Å². The van der Waals surface area contributed by atoms with E-state index in [1.165, 1.54) is 17.2 Å². The first kappa shape index (κ1) is 11.0. The summed E-state index contributed by atoms with van der Waals surface area (Å²) in [6.45, 7) is 4.45. The molecule has 0 aliphatic heterocycles. The van der Waals surface area contributed by atoms with Crippen molar-refractivity contribution in [3.63, 3.8) is 0 Å². The zero-order valence-corrected chi connectivity index (χ0v) is 9.59. The van der Waals surface area contributed by atoms with Crippen LogP contribution in [0.15, 0.2) is 15.9 Å². The molecule has 2 nitrogen and oxygen atoms in total. The largest absolute Gasteiger partial charge is 0.316 e. The van der Waals surface area contributed by atoms with Crippen molar-refractivity contribution in [1.29, 1.82) is 0 Å². The van der Waals surface area contributed by atoms with Crippen LogP contribution in [0.5, 0.6) is 0 Å². The minimum atomic E-state index is 1.09. The summed E-state index contributed by atoms with van der Waals surface area (Å²) in [7, 11) is 0. The number of rotatable bonds is 7. The van der Waals surface area contributed by atoms with E-state index in [0.29, 0.717) is 0 Å². The first-order valence-corrected chi connectivity index (χ1v) is 6.53. The third kappa shape index (κ3) is 5.29. The maximum atomic E-state index is 4.20. The van der Waals surface area contributed by atoms with Crippen LogP contribution >= 0.6 is 23.1 Å². The Morgan fingerprint density at radius 3 is 3.15 bits per heavy atom. The van der Waals surface area contributed by atoms with Gasteiger partial charge in [0.1, 0.15) is 4.34 Å². The fourth-order valence-corrected chi connectivity index (χ4v) is 2.52. The summed E-state index contributed by atoms with van der Waals surface area (Å²) < 4.78 is 1.18. The van der Waals surface area contributed by atoms with Crippen LogP contribution in [-0.2, 0) is 0 Å². The Hall–Kier alpha value is -0.0600. The van der Waals surface area contributed by atoms with Crippen LogP contribution in [0.1, 0.15) is 19.8 Å². The van der Waals surface area contributed by atoms with Crippen molar-refractivity contribution in [1.82, 2.24) is 10.3 Å². The van der Waals surface area contributed by atoms with Crippen LogP contribution in [0.3, 0.4) is 0 Å². The van der Waals surface area contributed by atoms with Crippen LogP contribution < -0.4 is 5.32 Å². The minimum absolute atomic E-state index is 1.09. The van der Waals surface area contributed by atoms with Crippen molar-refractivity contribution in [3.05, 3.63) is 11.6 Å². The zero-order valence-electron chi connectivity index (χ0n) is 7.95. The van der Waals surface area contributed by atoms with Gasteiger partial charge in [0.2, 0.25) is 0 Å². The fraction of sp³-hybridized carbons (Fsp3) is 0.667. The average molecular weight is 216 g/mol. The number of hydrogen-bond acceptors (Lipinski definition) is 4. The lowest BCUT2D eigenvalue weighted by atomic mass is 10.3. The summed E-state index contributed by atoms with van der Waals surface area (Å²) in [4.78, 5) is 4.20. The van der Waals surface area contributed by atoms with E-state index in [-0.39, 0.29) is 0 Å². The molecule has 1 aromatic rings. The highest BCUT2D eigenvalue weighted by atomic mass is 32.2. The maximum Gasteiger partial charge on any atom is 0.149 e. The van der Waals surface area contributed by atoms with Gasteiger partial charge in [-0.3, -0.25) is 0 Å². The summed E-state index contributed by atoms with van der Waals surface area (Å²) in [6.07, 6.45) is 4.41. The normalized spacial score (nSPS) is 10.5. The Labute approximate surface area is 88.2 Å².